The molecule has 2 fully saturated rings. The largest absolute Gasteiger partial charge is 0.458 e. The van der Waals surface area contributed by atoms with Crippen LogP contribution in [0.2, 0.25) is 0 Å². The van der Waals surface area contributed by atoms with Gasteiger partial charge in [0, 0.05) is 73.3 Å². The van der Waals surface area contributed by atoms with Crippen molar-refractivity contribution in [2.75, 3.05) is 63.4 Å². The van der Waals surface area contributed by atoms with Crippen molar-refractivity contribution < 1.29 is 71.2 Å². The Kier molecular flexibility index (Phi) is 24.4. The molecule has 1 aliphatic heterocycles. The number of aldehydes is 1. The third kappa shape index (κ3) is 21.3. The van der Waals surface area contributed by atoms with Crippen LogP contribution in [0.25, 0.3) is 0 Å². The maximum absolute atomic E-state index is 14.4. The van der Waals surface area contributed by atoms with Crippen LogP contribution in [0, 0.1) is 0 Å². The Morgan fingerprint density at radius 2 is 1.53 bits per heavy atom. The molecule has 1 aliphatic carbocycles. The van der Waals surface area contributed by atoms with E-state index in [1.54, 1.807) is 32.5 Å². The number of nitrogens with one attached hydrogen (secondary N) is 6. The van der Waals surface area contributed by atoms with Gasteiger partial charge in [0.05, 0.1) is 42.7 Å². The number of carbonyl (C=O) groups is 8. The Labute approximate surface area is 425 Å². The molecule has 0 aromatic carbocycles. The van der Waals surface area contributed by atoms with Crippen molar-refractivity contribution in [3.05, 3.63) is 22.7 Å². The van der Waals surface area contributed by atoms with Crippen LogP contribution in [0.5, 0.6) is 0 Å². The molecular weight excluding hydrogens is 993 g/mol. The van der Waals surface area contributed by atoms with Crippen molar-refractivity contribution >= 4 is 77.1 Å². The van der Waals surface area contributed by atoms with E-state index in [-0.39, 0.29) is 85.7 Å². The van der Waals surface area contributed by atoms with Crippen molar-refractivity contribution in [1.29, 1.82) is 0 Å². The molecule has 1 saturated carbocycles. The van der Waals surface area contributed by atoms with E-state index >= 15 is 0 Å². The molecule has 406 valence electrons. The summed E-state index contributed by atoms with van der Waals surface area (Å²) < 4.78 is 50.0. The second-order valence-corrected chi connectivity index (χ2v) is 21.7. The summed E-state index contributed by atoms with van der Waals surface area (Å²) in [6.45, 7) is 9.00. The topological polar surface area (TPSA) is 327 Å². The van der Waals surface area contributed by atoms with Gasteiger partial charge in [-0.1, -0.05) is 0 Å². The van der Waals surface area contributed by atoms with E-state index in [0.29, 0.717) is 16.6 Å². The lowest BCUT2D eigenvalue weighted by atomic mass is 9.98. The predicted molar refractivity (Wildman–Crippen MR) is 262 cm³/mol. The molecule has 1 saturated heterocycles. The number of nitrogens with zero attached hydrogens (tertiary/aromatic N) is 2. The smallest absolute Gasteiger partial charge is 0.351 e. The number of alkyl halides is 2. The van der Waals surface area contributed by atoms with E-state index < -0.39 is 109 Å². The molecule has 0 spiro atoms. The fourth-order valence-corrected chi connectivity index (χ4v) is 10.2. The molecule has 7 unspecified atom stereocenters. The number of likely N-dealkylation sites (N-methyl/N-ethyl adjacent to an activating group) is 1. The summed E-state index contributed by atoms with van der Waals surface area (Å²) in [5.74, 6) is -7.20. The first-order chi connectivity index (χ1) is 33.7. The number of anilines is 1. The Bertz CT molecular complexity index is 2090. The van der Waals surface area contributed by atoms with E-state index in [1.807, 2.05) is 20.8 Å². The molecule has 0 bridgehead atoms. The molecule has 5 amide bonds. The van der Waals surface area contributed by atoms with Crippen molar-refractivity contribution in [1.82, 2.24) is 36.1 Å². The number of carbonyl (C=O) groups excluding carboxylic acids is 8. The molecule has 9 N–H and O–H groups in total. The predicted octanol–water partition coefficient (Wildman–Crippen LogP) is 0.0626. The van der Waals surface area contributed by atoms with Gasteiger partial charge in [-0.05, 0) is 73.3 Å². The normalized spacial score (nSPS) is 20.1. The van der Waals surface area contributed by atoms with Gasteiger partial charge in [-0.2, -0.15) is 28.5 Å². The number of esters is 2. The van der Waals surface area contributed by atoms with Crippen molar-refractivity contribution in [3.63, 3.8) is 0 Å². The fourth-order valence-electron chi connectivity index (χ4n) is 7.03. The Morgan fingerprint density at radius 3 is 2.07 bits per heavy atom. The average molecular weight is 1060 g/mol. The van der Waals surface area contributed by atoms with E-state index in [0.717, 1.165) is 25.1 Å². The molecule has 0 radical (unpaired) electrons. The van der Waals surface area contributed by atoms with Crippen LogP contribution in [-0.2, 0) is 57.3 Å². The van der Waals surface area contributed by atoms with Gasteiger partial charge in [0.25, 0.3) is 11.8 Å². The summed E-state index contributed by atoms with van der Waals surface area (Å²) in [5.41, 5.74) is 2.55. The third-order valence-electron chi connectivity index (χ3n) is 11.2. The van der Waals surface area contributed by atoms with E-state index in [2.05, 4.69) is 36.9 Å². The number of hydrogen-bond donors (Lipinski definition) is 8. The van der Waals surface area contributed by atoms with Gasteiger partial charge >= 0.3 is 17.6 Å². The Morgan fingerprint density at radius 1 is 0.931 bits per heavy atom. The average Bonchev–Trinajstić information content (AvgIpc) is 3.60. The first-order valence-electron chi connectivity index (χ1n) is 23.5. The molecule has 2 aliphatic rings. The second kappa shape index (κ2) is 28.6. The molecule has 1 aromatic heterocycles. The van der Waals surface area contributed by atoms with Crippen LogP contribution in [0.3, 0.4) is 0 Å². The number of aliphatic hydroxyl groups is 1. The highest BCUT2D eigenvalue weighted by molar-refractivity contribution is 8.04. The molecule has 2 heterocycles. The number of hydrogen-bond acceptors (Lipinski definition) is 19. The zero-order chi connectivity index (χ0) is 53.9. The quantitative estimate of drug-likeness (QED) is 0.0360. The number of nitrogens with two attached hydrogens (primary N) is 1. The first-order valence-corrected chi connectivity index (χ1v) is 25.6. The highest BCUT2D eigenvalue weighted by Crippen LogP contribution is 2.42. The molecule has 7 atom stereocenters. The van der Waals surface area contributed by atoms with Crippen molar-refractivity contribution in [3.8, 4) is 0 Å². The Hall–Kier alpha value is -4.80. The van der Waals surface area contributed by atoms with Gasteiger partial charge < -0.3 is 61.7 Å². The van der Waals surface area contributed by atoms with Gasteiger partial charge in [-0.15, -0.1) is 0 Å². The summed E-state index contributed by atoms with van der Waals surface area (Å²) in [4.78, 5) is 116. The van der Waals surface area contributed by atoms with Gasteiger partial charge in [-0.25, -0.2) is 13.6 Å². The van der Waals surface area contributed by atoms with Gasteiger partial charge in [0.1, 0.15) is 18.5 Å². The fraction of sp³-hybridized carbons (Fsp3) is 0.733. The van der Waals surface area contributed by atoms with Crippen LogP contribution in [0.15, 0.2) is 17.1 Å². The molecule has 3 rings (SSSR count). The molecule has 1 aromatic rings. The summed E-state index contributed by atoms with van der Waals surface area (Å²) in [7, 11) is 1.49. The molecule has 27 heteroatoms. The highest BCUT2D eigenvalue weighted by atomic mass is 32.2. The minimum atomic E-state index is -3.45. The maximum atomic E-state index is 14.4. The van der Waals surface area contributed by atoms with E-state index in [9.17, 15) is 57.0 Å². The number of amides is 5. The second-order valence-electron chi connectivity index (χ2n) is 19.1. The monoisotopic (exact) mass is 1060 g/mol. The third-order valence-corrected chi connectivity index (χ3v) is 14.4. The van der Waals surface area contributed by atoms with Crippen LogP contribution in [0.1, 0.15) is 99.1 Å². The maximum Gasteiger partial charge on any atom is 0.351 e. The van der Waals surface area contributed by atoms with E-state index in [4.69, 9.17) is 24.7 Å². The van der Waals surface area contributed by atoms with Crippen LogP contribution >= 0.6 is 23.5 Å². The van der Waals surface area contributed by atoms with Crippen LogP contribution < -0.4 is 43.3 Å². The van der Waals surface area contributed by atoms with Crippen LogP contribution in [-0.4, -0.2) is 172 Å². The Balaban J connectivity index is 1.50. The number of thioether (sulfide) groups is 2. The lowest BCUT2D eigenvalue weighted by molar-refractivity contribution is -0.147. The minimum Gasteiger partial charge on any atom is -0.458 e. The number of halogens is 2. The number of aromatic nitrogens is 2. The minimum absolute atomic E-state index is 0.0134. The summed E-state index contributed by atoms with van der Waals surface area (Å²) >= 11 is 3.06. The number of aliphatic hydroxyl groups excluding tert-OH is 1. The highest BCUT2D eigenvalue weighted by Gasteiger charge is 2.51. The standard InChI is InChI=1S/C45H71F2N9O14S2/c1-42(2,3)55-29(38(64)51-17-12-36(62)68-24-34(60)53-32-13-18-56(41(66)54-32)40-45(46,47)22-27(23-58)70-40)26-72-31-9-8-30(31)71-25-28(37(63)50-16-11-35(61)67-21-19-57)52-33(59)10-14-43(4,5)69-20-15-44(6,48)39(65)49-7/h13,18-19,27-31,40,55,58H,8-12,14-17,20-26,48H2,1-7H3,(H,49,65)(H,50,63)(H,51,64)(H,52,59)(H,53,54,60,66). The molecular formula is C45H71F2N9O14S2. The first kappa shape index (κ1) is 61.5. The van der Waals surface area contributed by atoms with Gasteiger partial charge in [0.15, 0.2) is 12.9 Å². The van der Waals surface area contributed by atoms with Gasteiger partial charge in [0.2, 0.25) is 29.9 Å². The molecule has 72 heavy (non-hydrogen) atoms. The molecule has 23 nitrogen and oxygen atoms in total. The zero-order valence-electron chi connectivity index (χ0n) is 41.8. The van der Waals surface area contributed by atoms with Crippen LogP contribution in [0.4, 0.5) is 14.6 Å². The SMILES string of the molecule is CNC(=O)C(C)(N)CCOC(C)(C)CCC(=O)NC(CSC1CCC1SCC(NC(C)(C)C)C(=O)NCCC(=O)OCC(=O)Nc1ccn(C2OC(CO)CC2(F)F)c(=O)n1)C(=O)NCCC(=O)OCC=O. The lowest BCUT2D eigenvalue weighted by Crippen LogP contribution is -2.53. The summed E-state index contributed by atoms with van der Waals surface area (Å²) in [5, 5.41) is 25.6. The number of ether oxygens (including phenoxy) is 4. The zero-order valence-corrected chi connectivity index (χ0v) is 43.4. The summed E-state index contributed by atoms with van der Waals surface area (Å²) in [6, 6.07) is -0.579. The number of rotatable bonds is 31. The lowest BCUT2D eigenvalue weighted by Gasteiger charge is -2.37. The van der Waals surface area contributed by atoms with Gasteiger partial charge in [-0.3, -0.25) is 42.9 Å². The summed E-state index contributed by atoms with van der Waals surface area (Å²) in [6.07, 6.45) is -0.854. The van der Waals surface area contributed by atoms with Crippen molar-refractivity contribution in [2.45, 2.75) is 150 Å². The van der Waals surface area contributed by atoms with Crippen molar-refractivity contribution in [2.24, 2.45) is 5.73 Å². The van der Waals surface area contributed by atoms with E-state index in [1.165, 1.54) is 18.8 Å².